The first-order valence-electron chi connectivity index (χ1n) is 7.63. The van der Waals surface area contributed by atoms with Gasteiger partial charge in [0.1, 0.15) is 0 Å². The molecule has 0 spiro atoms. The molecular weight excluding hydrogens is 298 g/mol. The number of hydrogen-bond acceptors (Lipinski definition) is 3. The highest BCUT2D eigenvalue weighted by molar-refractivity contribution is 7.91. The van der Waals surface area contributed by atoms with Crippen molar-refractivity contribution < 1.29 is 13.2 Å². The van der Waals surface area contributed by atoms with Gasteiger partial charge in [0.15, 0.2) is 9.84 Å². The molecule has 1 aliphatic heterocycles. The number of benzene rings is 1. The summed E-state index contributed by atoms with van der Waals surface area (Å²) in [6, 6.07) is 10.0. The normalized spacial score (nSPS) is 19.7. The molecule has 0 saturated carbocycles. The highest BCUT2D eigenvalue weighted by Crippen LogP contribution is 2.22. The number of rotatable bonds is 7. The fourth-order valence-corrected chi connectivity index (χ4v) is 4.65. The van der Waals surface area contributed by atoms with E-state index in [0.29, 0.717) is 25.9 Å². The van der Waals surface area contributed by atoms with Crippen molar-refractivity contribution in [3.63, 3.8) is 0 Å². The van der Waals surface area contributed by atoms with Crippen LogP contribution in [0.2, 0.25) is 0 Å². The van der Waals surface area contributed by atoms with Crippen molar-refractivity contribution in [2.75, 3.05) is 24.6 Å². The molecule has 1 aromatic carbocycles. The molecule has 1 aliphatic rings. The van der Waals surface area contributed by atoms with Crippen LogP contribution >= 0.6 is 0 Å². The first-order chi connectivity index (χ1) is 10.5. The number of carbonyl (C=O) groups excluding carboxylic acids is 1. The van der Waals surface area contributed by atoms with Gasteiger partial charge in [-0.25, -0.2) is 8.42 Å². The lowest BCUT2D eigenvalue weighted by Crippen LogP contribution is -2.34. The molecule has 1 amide bonds. The highest BCUT2D eigenvalue weighted by Gasteiger charge is 2.30. The monoisotopic (exact) mass is 321 g/mol. The van der Waals surface area contributed by atoms with E-state index in [4.69, 9.17) is 0 Å². The minimum absolute atomic E-state index is 0.0259. The second-order valence-corrected chi connectivity index (χ2v) is 8.07. The van der Waals surface area contributed by atoms with Crippen LogP contribution in [0.4, 0.5) is 0 Å². The van der Waals surface area contributed by atoms with E-state index in [-0.39, 0.29) is 23.3 Å². The van der Waals surface area contributed by atoms with Crippen molar-refractivity contribution in [1.82, 2.24) is 4.90 Å². The van der Waals surface area contributed by atoms with Crippen LogP contribution in [0.25, 0.3) is 0 Å². The predicted octanol–water partition coefficient (Wildman–Crippen LogP) is 2.07. The van der Waals surface area contributed by atoms with Gasteiger partial charge in [-0.3, -0.25) is 4.79 Å². The summed E-state index contributed by atoms with van der Waals surface area (Å²) in [6.45, 7) is 4.84. The Kier molecular flexibility index (Phi) is 5.77. The van der Waals surface area contributed by atoms with Crippen LogP contribution in [0.3, 0.4) is 0 Å². The summed E-state index contributed by atoms with van der Waals surface area (Å²) >= 11 is 0. The second kappa shape index (κ2) is 7.58. The lowest BCUT2D eigenvalue weighted by molar-refractivity contribution is -0.131. The Morgan fingerprint density at radius 2 is 2.05 bits per heavy atom. The molecule has 2 rings (SSSR count). The van der Waals surface area contributed by atoms with Gasteiger partial charge in [-0.1, -0.05) is 36.4 Å². The summed E-state index contributed by atoms with van der Waals surface area (Å²) in [7, 11) is -2.93. The van der Waals surface area contributed by atoms with E-state index in [0.717, 1.165) is 6.42 Å². The summed E-state index contributed by atoms with van der Waals surface area (Å²) in [6.07, 6.45) is 3.44. The maximum Gasteiger partial charge on any atom is 0.223 e. The smallest absolute Gasteiger partial charge is 0.223 e. The van der Waals surface area contributed by atoms with Crippen LogP contribution in [0.5, 0.6) is 0 Å². The summed E-state index contributed by atoms with van der Waals surface area (Å²) < 4.78 is 23.0. The molecule has 0 radical (unpaired) electrons. The van der Waals surface area contributed by atoms with Crippen molar-refractivity contribution in [3.8, 4) is 0 Å². The largest absolute Gasteiger partial charge is 0.339 e. The van der Waals surface area contributed by atoms with Gasteiger partial charge in [0.05, 0.1) is 11.5 Å². The maximum absolute atomic E-state index is 12.4. The van der Waals surface area contributed by atoms with Gasteiger partial charge in [0.25, 0.3) is 0 Å². The van der Waals surface area contributed by atoms with Gasteiger partial charge in [-0.15, -0.1) is 6.58 Å². The second-order valence-electron chi connectivity index (χ2n) is 5.84. The van der Waals surface area contributed by atoms with Gasteiger partial charge in [0, 0.05) is 19.5 Å². The molecule has 1 fully saturated rings. The molecule has 0 bridgehead atoms. The van der Waals surface area contributed by atoms with E-state index in [1.165, 1.54) is 5.56 Å². The van der Waals surface area contributed by atoms with Crippen molar-refractivity contribution >= 4 is 15.7 Å². The molecule has 120 valence electrons. The maximum atomic E-state index is 12.4. The summed E-state index contributed by atoms with van der Waals surface area (Å²) in [5, 5.41) is 0. The summed E-state index contributed by atoms with van der Waals surface area (Å²) in [5.74, 6) is 0.370. The van der Waals surface area contributed by atoms with Crippen molar-refractivity contribution in [2.24, 2.45) is 5.92 Å². The zero-order valence-electron chi connectivity index (χ0n) is 12.8. The minimum atomic E-state index is -2.93. The van der Waals surface area contributed by atoms with E-state index >= 15 is 0 Å². The van der Waals surface area contributed by atoms with Gasteiger partial charge in [0.2, 0.25) is 5.91 Å². The topological polar surface area (TPSA) is 54.5 Å². The predicted molar refractivity (Wildman–Crippen MR) is 88.3 cm³/mol. The number of nitrogens with zero attached hydrogens (tertiary/aromatic N) is 1. The molecule has 22 heavy (non-hydrogen) atoms. The highest BCUT2D eigenvalue weighted by atomic mass is 32.2. The Balaban J connectivity index is 1.89. The Labute approximate surface area is 132 Å². The van der Waals surface area contributed by atoms with E-state index in [1.807, 2.05) is 30.3 Å². The Hall–Kier alpha value is -1.62. The SMILES string of the molecule is C=CCN(CCc1ccccc1)C(=O)CC1CCS(=O)(=O)C1. The van der Waals surface area contributed by atoms with Crippen LogP contribution in [0.1, 0.15) is 18.4 Å². The van der Waals surface area contributed by atoms with Crippen LogP contribution < -0.4 is 0 Å². The molecule has 4 nitrogen and oxygen atoms in total. The lowest BCUT2D eigenvalue weighted by atomic mass is 10.0. The van der Waals surface area contributed by atoms with Crippen LogP contribution in [-0.2, 0) is 21.1 Å². The molecule has 1 unspecified atom stereocenters. The molecular formula is C17H23NO3S. The first-order valence-corrected chi connectivity index (χ1v) is 9.45. The number of amides is 1. The quantitative estimate of drug-likeness (QED) is 0.723. The summed E-state index contributed by atoms with van der Waals surface area (Å²) in [5.41, 5.74) is 1.19. The van der Waals surface area contributed by atoms with E-state index in [1.54, 1.807) is 11.0 Å². The average molecular weight is 321 g/mol. The molecule has 0 aliphatic carbocycles. The van der Waals surface area contributed by atoms with Crippen molar-refractivity contribution in [3.05, 3.63) is 48.6 Å². The molecule has 1 aromatic rings. The third-order valence-corrected chi connectivity index (χ3v) is 5.84. The Morgan fingerprint density at radius 3 is 2.64 bits per heavy atom. The minimum Gasteiger partial charge on any atom is -0.339 e. The fraction of sp³-hybridized carbons (Fsp3) is 0.471. The number of hydrogen-bond donors (Lipinski definition) is 0. The Bertz CT molecular complexity index is 610. The third-order valence-electron chi connectivity index (χ3n) is 4.01. The zero-order chi connectivity index (χ0) is 16.0. The molecule has 1 heterocycles. The molecule has 5 heteroatoms. The molecule has 0 aromatic heterocycles. The van der Waals surface area contributed by atoms with Crippen LogP contribution in [0, 0.1) is 5.92 Å². The van der Waals surface area contributed by atoms with Crippen LogP contribution in [-0.4, -0.2) is 43.8 Å². The van der Waals surface area contributed by atoms with Gasteiger partial charge in [-0.2, -0.15) is 0 Å². The Morgan fingerprint density at radius 1 is 1.32 bits per heavy atom. The first kappa shape index (κ1) is 16.7. The van der Waals surface area contributed by atoms with Crippen LogP contribution in [0.15, 0.2) is 43.0 Å². The average Bonchev–Trinajstić information content (AvgIpc) is 2.83. The van der Waals surface area contributed by atoms with Crippen molar-refractivity contribution in [2.45, 2.75) is 19.3 Å². The third kappa shape index (κ3) is 4.98. The van der Waals surface area contributed by atoms with Gasteiger partial charge >= 0.3 is 0 Å². The zero-order valence-corrected chi connectivity index (χ0v) is 13.6. The summed E-state index contributed by atoms with van der Waals surface area (Å²) in [4.78, 5) is 14.2. The number of sulfone groups is 1. The van der Waals surface area contributed by atoms with E-state index < -0.39 is 9.84 Å². The lowest BCUT2D eigenvalue weighted by Gasteiger charge is -2.22. The van der Waals surface area contributed by atoms with Gasteiger partial charge in [-0.05, 0) is 24.3 Å². The molecule has 0 N–H and O–H groups in total. The van der Waals surface area contributed by atoms with E-state index in [2.05, 4.69) is 6.58 Å². The fourth-order valence-electron chi connectivity index (χ4n) is 2.79. The van der Waals surface area contributed by atoms with Gasteiger partial charge < -0.3 is 4.90 Å². The standard InChI is InChI=1S/C17H23NO3S/c1-2-10-18(11-8-15-6-4-3-5-7-15)17(19)13-16-9-12-22(20,21)14-16/h2-7,16H,1,8-14H2. The molecule has 1 atom stereocenters. The molecule has 1 saturated heterocycles. The van der Waals surface area contributed by atoms with Crippen molar-refractivity contribution in [1.29, 1.82) is 0 Å². The number of carbonyl (C=O) groups is 1. The van der Waals surface area contributed by atoms with E-state index in [9.17, 15) is 13.2 Å².